The second-order valence-corrected chi connectivity index (χ2v) is 6.00. The first-order chi connectivity index (χ1) is 10.3. The van der Waals surface area contributed by atoms with Crippen molar-refractivity contribution in [3.63, 3.8) is 0 Å². The monoisotopic (exact) mass is 440 g/mol. The molecule has 4 aliphatic carbocycles. The van der Waals surface area contributed by atoms with Gasteiger partial charge in [0, 0.05) is 0 Å². The molecule has 4 aliphatic rings. The molecule has 0 aliphatic heterocycles. The maximum absolute atomic E-state index is 3.38. The van der Waals surface area contributed by atoms with Crippen LogP contribution in [0, 0.1) is 50.4 Å². The number of halogens is 2. The predicted octanol–water partition coefficient (Wildman–Crippen LogP) is -0.264. The first-order valence-corrected chi connectivity index (χ1v) is 8.30. The smallest absolute Gasteiger partial charge is 1.00 e. The minimum absolute atomic E-state index is 0. The molecule has 2 saturated carbocycles. The van der Waals surface area contributed by atoms with Crippen molar-refractivity contribution in [1.82, 2.24) is 0 Å². The van der Waals surface area contributed by atoms with Gasteiger partial charge in [-0.1, -0.05) is 49.3 Å². The van der Waals surface area contributed by atoms with Crippen LogP contribution in [0.2, 0.25) is 0 Å². The summed E-state index contributed by atoms with van der Waals surface area (Å²) in [5.74, 6) is 3.23. The van der Waals surface area contributed by atoms with Gasteiger partial charge < -0.3 is 57.9 Å². The van der Waals surface area contributed by atoms with Gasteiger partial charge in [0.25, 0.3) is 0 Å². The van der Waals surface area contributed by atoms with E-state index >= 15 is 0 Å². The molecule has 24 heavy (non-hydrogen) atoms. The topological polar surface area (TPSA) is 0 Å². The molecule has 0 bridgehead atoms. The van der Waals surface area contributed by atoms with Gasteiger partial charge in [0.15, 0.2) is 0 Å². The van der Waals surface area contributed by atoms with Crippen molar-refractivity contribution in [3.8, 4) is 0 Å². The molecule has 4 unspecified atom stereocenters. The Kier molecular flexibility index (Phi) is 17.4. The molecule has 0 aromatic rings. The molecule has 0 nitrogen and oxygen atoms in total. The summed E-state index contributed by atoms with van der Waals surface area (Å²) in [5.41, 5.74) is 0. The van der Waals surface area contributed by atoms with Gasteiger partial charge in [-0.25, -0.2) is 0 Å². The van der Waals surface area contributed by atoms with Crippen LogP contribution in [0.1, 0.15) is 32.1 Å². The third-order valence-corrected chi connectivity index (χ3v) is 4.47. The van der Waals surface area contributed by atoms with Crippen molar-refractivity contribution < 1.29 is 51.0 Å². The Morgan fingerprint density at radius 2 is 1.04 bits per heavy atom. The third-order valence-electron chi connectivity index (χ3n) is 4.47. The molecular formula is C21H28Cl2Zr-4. The molecule has 3 heteroatoms. The molecule has 0 heterocycles. The summed E-state index contributed by atoms with van der Waals surface area (Å²) >= 11 is 0. The Morgan fingerprint density at radius 3 is 1.38 bits per heavy atom. The van der Waals surface area contributed by atoms with Gasteiger partial charge in [-0.05, 0) is 11.8 Å². The zero-order valence-electron chi connectivity index (χ0n) is 14.3. The molecule has 134 valence electrons. The first kappa shape index (κ1) is 26.7. The molecule has 0 aromatic carbocycles. The molecule has 0 saturated heterocycles. The number of fused-ring (bicyclic) bond motifs is 2. The second kappa shape index (κ2) is 15.7. The van der Waals surface area contributed by atoms with Crippen LogP contribution in [0.4, 0.5) is 0 Å². The average molecular weight is 443 g/mol. The first-order valence-electron chi connectivity index (χ1n) is 8.30. The third kappa shape index (κ3) is 8.68. The normalized spacial score (nSPS) is 30.1. The minimum atomic E-state index is 0. The van der Waals surface area contributed by atoms with Crippen LogP contribution < -0.4 is 24.8 Å². The van der Waals surface area contributed by atoms with Gasteiger partial charge in [-0.2, -0.15) is 12.8 Å². The summed E-state index contributed by atoms with van der Waals surface area (Å²) in [7, 11) is 0. The molecule has 0 spiro atoms. The number of rotatable bonds is 0. The molecular weight excluding hydrogens is 414 g/mol. The van der Waals surface area contributed by atoms with Gasteiger partial charge in [0.05, 0.1) is 0 Å². The van der Waals surface area contributed by atoms with E-state index in [0.29, 0.717) is 0 Å². The SMILES string of the molecule is C1=CC2[CH-]CCC2C=C1.C1=CC2[CH-]CCC2C=C1.[CH2-]C[CH2-].[Cl-].[Cl-].[Zr+2]. The Hall–Kier alpha value is 0.423. The van der Waals surface area contributed by atoms with Crippen LogP contribution in [0.25, 0.3) is 0 Å². The Morgan fingerprint density at radius 1 is 0.708 bits per heavy atom. The van der Waals surface area contributed by atoms with Crippen molar-refractivity contribution in [1.29, 1.82) is 0 Å². The van der Waals surface area contributed by atoms with Crippen LogP contribution in [-0.4, -0.2) is 0 Å². The van der Waals surface area contributed by atoms with E-state index in [1.165, 1.54) is 25.7 Å². The van der Waals surface area contributed by atoms with Crippen LogP contribution in [0.3, 0.4) is 0 Å². The fraction of sp³-hybridized carbons (Fsp3) is 0.429. The average Bonchev–Trinajstić information content (AvgIpc) is 3.17. The van der Waals surface area contributed by atoms with Crippen molar-refractivity contribution in [2.45, 2.75) is 32.1 Å². The van der Waals surface area contributed by atoms with E-state index in [0.717, 1.165) is 30.1 Å². The summed E-state index contributed by atoms with van der Waals surface area (Å²) in [5, 5.41) is 0. The maximum Gasteiger partial charge on any atom is 2.00 e. The number of allylic oxidation sites excluding steroid dienone is 8. The van der Waals surface area contributed by atoms with Crippen molar-refractivity contribution >= 4 is 0 Å². The van der Waals surface area contributed by atoms with E-state index in [1.54, 1.807) is 0 Å². The molecule has 0 N–H and O–H groups in total. The van der Waals surface area contributed by atoms with Gasteiger partial charge in [-0.15, -0.1) is 24.0 Å². The van der Waals surface area contributed by atoms with Crippen LogP contribution in [0.15, 0.2) is 48.6 Å². The summed E-state index contributed by atoms with van der Waals surface area (Å²) in [6, 6.07) is 0. The van der Waals surface area contributed by atoms with Crippen molar-refractivity contribution in [2.75, 3.05) is 0 Å². The van der Waals surface area contributed by atoms with Crippen LogP contribution in [-0.2, 0) is 26.2 Å². The molecule has 0 amide bonds. The van der Waals surface area contributed by atoms with Crippen LogP contribution in [0.5, 0.6) is 0 Å². The van der Waals surface area contributed by atoms with E-state index in [-0.39, 0.29) is 51.0 Å². The van der Waals surface area contributed by atoms with Crippen LogP contribution >= 0.6 is 0 Å². The Balaban J connectivity index is 0. The second-order valence-electron chi connectivity index (χ2n) is 6.00. The number of hydrogen-bond acceptors (Lipinski definition) is 0. The van der Waals surface area contributed by atoms with Crippen molar-refractivity contribution in [2.24, 2.45) is 23.7 Å². The van der Waals surface area contributed by atoms with Gasteiger partial charge >= 0.3 is 26.2 Å². The van der Waals surface area contributed by atoms with E-state index in [9.17, 15) is 0 Å². The fourth-order valence-electron chi connectivity index (χ4n) is 3.39. The van der Waals surface area contributed by atoms with E-state index in [2.05, 4.69) is 75.3 Å². The summed E-state index contributed by atoms with van der Waals surface area (Å²) in [4.78, 5) is 0. The molecule has 4 atom stereocenters. The fourth-order valence-corrected chi connectivity index (χ4v) is 3.39. The minimum Gasteiger partial charge on any atom is -1.00 e. The van der Waals surface area contributed by atoms with Crippen molar-refractivity contribution in [3.05, 3.63) is 75.3 Å². The zero-order chi connectivity index (χ0) is 14.9. The zero-order valence-corrected chi connectivity index (χ0v) is 18.3. The molecule has 2 fully saturated rings. The number of hydrogen-bond donors (Lipinski definition) is 0. The van der Waals surface area contributed by atoms with Gasteiger partial charge in [0.1, 0.15) is 0 Å². The van der Waals surface area contributed by atoms with E-state index < -0.39 is 0 Å². The van der Waals surface area contributed by atoms with E-state index in [1.807, 2.05) is 0 Å². The summed E-state index contributed by atoms with van der Waals surface area (Å²) in [6.07, 6.45) is 28.9. The molecule has 0 radical (unpaired) electrons. The predicted molar refractivity (Wildman–Crippen MR) is 92.9 cm³/mol. The Labute approximate surface area is 181 Å². The molecule has 0 aromatic heterocycles. The summed E-state index contributed by atoms with van der Waals surface area (Å²) < 4.78 is 0. The Bertz CT molecular complexity index is 338. The summed E-state index contributed by atoms with van der Waals surface area (Å²) in [6.45, 7) is 6.75. The standard InChI is InChI=1S/2C9H11.C3H6.2ClH.Zr/c2*1-2-5-9-7-3-6-8(9)4-1;1-3-2;;;/h2*1-2,4-6,8-9H,3,7H2;1-3H2;2*1H;/q2*-1;-2;;;+2/p-2. The largest absolute Gasteiger partial charge is 2.00 e. The molecule has 4 rings (SSSR count). The van der Waals surface area contributed by atoms with Gasteiger partial charge in [0.2, 0.25) is 0 Å². The van der Waals surface area contributed by atoms with Gasteiger partial charge in [-0.3, -0.25) is 0 Å². The maximum atomic E-state index is 3.38. The quantitative estimate of drug-likeness (QED) is 0.454. The van der Waals surface area contributed by atoms with E-state index in [4.69, 9.17) is 0 Å².